The zero-order valence-electron chi connectivity index (χ0n) is 20.9. The molecule has 0 aromatic carbocycles. The van der Waals surface area contributed by atoms with Crippen molar-refractivity contribution in [1.29, 1.82) is 5.26 Å². The van der Waals surface area contributed by atoms with Crippen LogP contribution in [0.2, 0.25) is 0 Å². The summed E-state index contributed by atoms with van der Waals surface area (Å²) >= 11 is 0. The van der Waals surface area contributed by atoms with Gasteiger partial charge in [-0.05, 0) is 45.8 Å². The van der Waals surface area contributed by atoms with Gasteiger partial charge in [0.2, 0.25) is 0 Å². The number of hydrogen-bond donors (Lipinski definition) is 3. The number of anilines is 2. The van der Waals surface area contributed by atoms with Gasteiger partial charge in [0, 0.05) is 30.0 Å². The van der Waals surface area contributed by atoms with Crippen LogP contribution < -0.4 is 16.0 Å². The van der Waals surface area contributed by atoms with E-state index in [4.69, 9.17) is 4.74 Å². The first kappa shape index (κ1) is 26.1. The van der Waals surface area contributed by atoms with Gasteiger partial charge in [0.25, 0.3) is 0 Å². The summed E-state index contributed by atoms with van der Waals surface area (Å²) in [6.07, 6.45) is 16.7. The average Bonchev–Trinajstić information content (AvgIpc) is 3.35. The van der Waals surface area contributed by atoms with Gasteiger partial charge in [0.05, 0.1) is 42.5 Å². The molecule has 2 atom stereocenters. The van der Waals surface area contributed by atoms with E-state index in [9.17, 15) is 5.26 Å². The molecule has 0 unspecified atom stereocenters. The molecular formula is C26H36N8O. The predicted octanol–water partition coefficient (Wildman–Crippen LogP) is 4.37. The van der Waals surface area contributed by atoms with Gasteiger partial charge in [-0.1, -0.05) is 31.6 Å². The van der Waals surface area contributed by atoms with Crippen molar-refractivity contribution in [1.82, 2.24) is 25.3 Å². The second-order valence-electron chi connectivity index (χ2n) is 9.44. The Bertz CT molecular complexity index is 1050. The van der Waals surface area contributed by atoms with Gasteiger partial charge >= 0.3 is 0 Å². The summed E-state index contributed by atoms with van der Waals surface area (Å²) in [5.41, 5.74) is 1.91. The van der Waals surface area contributed by atoms with Crippen LogP contribution in [0.1, 0.15) is 52.0 Å². The molecule has 9 nitrogen and oxygen atoms in total. The minimum Gasteiger partial charge on any atom is -0.380 e. The van der Waals surface area contributed by atoms with Gasteiger partial charge in [-0.15, -0.1) is 0 Å². The zero-order chi connectivity index (χ0) is 25.1. The highest BCUT2D eigenvalue weighted by atomic mass is 16.5. The van der Waals surface area contributed by atoms with Crippen LogP contribution in [0.25, 0.3) is 0 Å². The average molecular weight is 477 g/mol. The second-order valence-corrected chi connectivity index (χ2v) is 9.44. The quantitative estimate of drug-likeness (QED) is 0.324. The fraction of sp³-hybridized carbons (Fsp3) is 0.462. The first-order valence-electron chi connectivity index (χ1n) is 12.0. The smallest absolute Gasteiger partial charge is 0.132 e. The van der Waals surface area contributed by atoms with E-state index in [1.54, 1.807) is 29.5 Å². The first-order valence-corrected chi connectivity index (χ1v) is 12.0. The van der Waals surface area contributed by atoms with Crippen molar-refractivity contribution in [2.24, 2.45) is 0 Å². The Morgan fingerprint density at radius 3 is 2.69 bits per heavy atom. The summed E-state index contributed by atoms with van der Waals surface area (Å²) in [5.74, 6) is 0.635. The lowest BCUT2D eigenvalue weighted by molar-refractivity contribution is -0.0192. The lowest BCUT2D eigenvalue weighted by Crippen LogP contribution is -2.47. The van der Waals surface area contributed by atoms with E-state index in [0.717, 1.165) is 30.6 Å². The molecule has 1 saturated carbocycles. The molecule has 0 spiro atoms. The fourth-order valence-corrected chi connectivity index (χ4v) is 3.84. The normalized spacial score (nSPS) is 18.9. The number of nitrogens with one attached hydrogen (secondary N) is 3. The Morgan fingerprint density at radius 2 is 2.00 bits per heavy atom. The molecule has 0 bridgehead atoms. The Hall–Kier alpha value is -3.48. The van der Waals surface area contributed by atoms with E-state index >= 15 is 0 Å². The second kappa shape index (κ2) is 12.8. The van der Waals surface area contributed by atoms with E-state index in [1.807, 2.05) is 24.3 Å². The Morgan fingerprint density at radius 1 is 1.26 bits per heavy atom. The van der Waals surface area contributed by atoms with Gasteiger partial charge in [0.1, 0.15) is 11.9 Å². The molecule has 1 fully saturated rings. The van der Waals surface area contributed by atoms with Crippen LogP contribution in [0.15, 0.2) is 61.2 Å². The molecule has 3 N–H and O–H groups in total. The molecule has 186 valence electrons. The van der Waals surface area contributed by atoms with Crippen molar-refractivity contribution in [3.8, 4) is 6.07 Å². The highest BCUT2D eigenvalue weighted by Crippen LogP contribution is 2.26. The molecule has 2 heterocycles. The van der Waals surface area contributed by atoms with Crippen LogP contribution in [0, 0.1) is 11.3 Å². The standard InChI is InChI=1S/C26H36N8O/c1-5-6-9-21(12-15-34-30-13-14-31-34)32-25-16-24(20(17-27)18-28-25)33-23-11-8-7-10-22(23)29-19-35-26(2,3)4/h5-6,9,12-14,16,18,22-23,29H,1,7-8,10-11,15,19H2,2-4H3,(H2,28,32,33)/b9-6-,21-12+/t22-,23+/m0/s1. The molecule has 0 amide bonds. The molecule has 0 aliphatic heterocycles. The van der Waals surface area contributed by atoms with Crippen molar-refractivity contribution in [2.45, 2.75) is 70.7 Å². The van der Waals surface area contributed by atoms with E-state index in [2.05, 4.69) is 64.6 Å². The molecular weight excluding hydrogens is 440 g/mol. The summed E-state index contributed by atoms with van der Waals surface area (Å²) in [6.45, 7) is 10.9. The van der Waals surface area contributed by atoms with E-state index in [-0.39, 0.29) is 17.7 Å². The number of allylic oxidation sites excluding steroid dienone is 4. The SMILES string of the molecule is C=C/C=C\C(=C/Cn1nccn1)Nc1cc(N[C@@H]2CCCC[C@@H]2NCOC(C)(C)C)c(C#N)cn1. The van der Waals surface area contributed by atoms with Gasteiger partial charge in [-0.3, -0.25) is 5.32 Å². The summed E-state index contributed by atoms with van der Waals surface area (Å²) in [5, 5.41) is 28.4. The van der Waals surface area contributed by atoms with Gasteiger partial charge < -0.3 is 15.4 Å². The van der Waals surface area contributed by atoms with E-state index < -0.39 is 0 Å². The lowest BCUT2D eigenvalue weighted by Gasteiger charge is -2.34. The van der Waals surface area contributed by atoms with Crippen molar-refractivity contribution in [2.75, 3.05) is 17.4 Å². The fourth-order valence-electron chi connectivity index (χ4n) is 3.84. The van der Waals surface area contributed by atoms with Gasteiger partial charge in [-0.2, -0.15) is 20.3 Å². The van der Waals surface area contributed by atoms with Crippen LogP contribution >= 0.6 is 0 Å². The zero-order valence-corrected chi connectivity index (χ0v) is 20.9. The Labute approximate surface area is 208 Å². The molecule has 0 saturated heterocycles. The number of hydrogen-bond acceptors (Lipinski definition) is 8. The van der Waals surface area contributed by atoms with Gasteiger partial charge in [0.15, 0.2) is 0 Å². The number of rotatable bonds is 11. The number of nitriles is 1. The van der Waals surface area contributed by atoms with Crippen LogP contribution in [0.3, 0.4) is 0 Å². The third kappa shape index (κ3) is 8.67. The highest BCUT2D eigenvalue weighted by Gasteiger charge is 2.26. The number of aromatic nitrogens is 4. The monoisotopic (exact) mass is 476 g/mol. The molecule has 2 aromatic rings. The number of ether oxygens (including phenoxy) is 1. The maximum Gasteiger partial charge on any atom is 0.132 e. The van der Waals surface area contributed by atoms with Crippen molar-refractivity contribution in [3.63, 3.8) is 0 Å². The van der Waals surface area contributed by atoms with E-state index in [0.29, 0.717) is 24.7 Å². The minimum atomic E-state index is -0.191. The number of nitrogens with zero attached hydrogens (tertiary/aromatic N) is 5. The number of pyridine rings is 1. The Kier molecular flexibility index (Phi) is 9.58. The summed E-state index contributed by atoms with van der Waals surface area (Å²) in [7, 11) is 0. The summed E-state index contributed by atoms with van der Waals surface area (Å²) in [4.78, 5) is 6.03. The highest BCUT2D eigenvalue weighted by molar-refractivity contribution is 5.63. The minimum absolute atomic E-state index is 0.191. The first-order chi connectivity index (χ1) is 16.9. The molecule has 35 heavy (non-hydrogen) atoms. The summed E-state index contributed by atoms with van der Waals surface area (Å²) < 4.78 is 5.88. The molecule has 2 aromatic heterocycles. The largest absolute Gasteiger partial charge is 0.380 e. The van der Waals surface area contributed by atoms with Gasteiger partial charge in [-0.25, -0.2) is 4.98 Å². The van der Waals surface area contributed by atoms with Crippen molar-refractivity contribution >= 4 is 11.5 Å². The summed E-state index contributed by atoms with van der Waals surface area (Å²) in [6, 6.07) is 4.60. The Balaban J connectivity index is 1.74. The third-order valence-electron chi connectivity index (χ3n) is 5.61. The van der Waals surface area contributed by atoms with E-state index in [1.165, 1.54) is 6.42 Å². The van der Waals surface area contributed by atoms with Crippen LogP contribution in [-0.4, -0.2) is 44.4 Å². The van der Waals surface area contributed by atoms with Crippen LogP contribution in [-0.2, 0) is 11.3 Å². The molecule has 1 aliphatic rings. The molecule has 3 rings (SSSR count). The molecule has 9 heteroatoms. The maximum atomic E-state index is 9.69. The maximum absolute atomic E-state index is 9.69. The van der Waals surface area contributed by atoms with Crippen molar-refractivity contribution < 1.29 is 4.74 Å². The topological polar surface area (TPSA) is 113 Å². The van der Waals surface area contributed by atoms with Crippen molar-refractivity contribution in [3.05, 3.63) is 66.8 Å². The molecule has 1 aliphatic carbocycles. The van der Waals surface area contributed by atoms with Crippen LogP contribution in [0.5, 0.6) is 0 Å². The van der Waals surface area contributed by atoms with Crippen LogP contribution in [0.4, 0.5) is 11.5 Å². The third-order valence-corrected chi connectivity index (χ3v) is 5.61. The predicted molar refractivity (Wildman–Crippen MR) is 139 cm³/mol. The lowest BCUT2D eigenvalue weighted by atomic mass is 9.90. The molecule has 0 radical (unpaired) electrons.